The Morgan fingerprint density at radius 2 is 2.14 bits per heavy atom. The smallest absolute Gasteiger partial charge is 0.246 e. The summed E-state index contributed by atoms with van der Waals surface area (Å²) in [6.07, 6.45) is 3.49. The molecule has 0 saturated carbocycles. The van der Waals surface area contributed by atoms with Crippen LogP contribution in [0.15, 0.2) is 42.5 Å². The van der Waals surface area contributed by atoms with Gasteiger partial charge < -0.3 is 4.90 Å². The number of hydrogen-bond acceptors (Lipinski definition) is 3. The Morgan fingerprint density at radius 1 is 1.36 bits per heavy atom. The first-order chi connectivity index (χ1) is 10.6. The maximum atomic E-state index is 13.7. The highest BCUT2D eigenvalue weighted by Gasteiger charge is 2.07. The van der Waals surface area contributed by atoms with E-state index in [0.717, 1.165) is 9.75 Å². The van der Waals surface area contributed by atoms with Crippen LogP contribution >= 0.6 is 11.3 Å². The fourth-order valence-corrected chi connectivity index (χ4v) is 2.79. The Morgan fingerprint density at radius 3 is 2.86 bits per heavy atom. The van der Waals surface area contributed by atoms with E-state index in [-0.39, 0.29) is 11.7 Å². The molecule has 0 spiro atoms. The predicted octanol–water partition coefficient (Wildman–Crippen LogP) is 3.94. The van der Waals surface area contributed by atoms with Gasteiger partial charge in [0.05, 0.1) is 12.5 Å². The number of hydrogen-bond donors (Lipinski definition) is 0. The fourth-order valence-electron chi connectivity index (χ4n) is 1.86. The molecule has 0 saturated heterocycles. The molecular weight excluding hydrogens is 299 g/mol. The number of benzene rings is 1. The monoisotopic (exact) mass is 314 g/mol. The number of nitriles is 1. The standard InChI is InChI=1S/C17H15FN2OS/c1-20(12-4-11-19)17(21)10-8-13-7-9-16(22-13)14-5-2-3-6-15(14)18/h2-3,5-10H,4,12H2,1H3/b10-8+. The van der Waals surface area contributed by atoms with Gasteiger partial charge in [-0.05, 0) is 24.3 Å². The Hall–Kier alpha value is -2.45. The molecule has 22 heavy (non-hydrogen) atoms. The molecular formula is C17H15FN2OS. The lowest BCUT2D eigenvalue weighted by molar-refractivity contribution is -0.124. The first-order valence-corrected chi connectivity index (χ1v) is 7.58. The van der Waals surface area contributed by atoms with Gasteiger partial charge in [-0.3, -0.25) is 4.79 Å². The second-order valence-electron chi connectivity index (χ2n) is 4.68. The lowest BCUT2D eigenvalue weighted by Gasteiger charge is -2.11. The molecule has 1 aromatic carbocycles. The summed E-state index contributed by atoms with van der Waals surface area (Å²) in [5.74, 6) is -0.414. The summed E-state index contributed by atoms with van der Waals surface area (Å²) in [4.78, 5) is 15.0. The van der Waals surface area contributed by atoms with Crippen molar-refractivity contribution in [2.45, 2.75) is 6.42 Å². The maximum absolute atomic E-state index is 13.7. The van der Waals surface area contributed by atoms with Crippen LogP contribution in [0, 0.1) is 17.1 Å². The summed E-state index contributed by atoms with van der Waals surface area (Å²) >= 11 is 1.42. The van der Waals surface area contributed by atoms with Crippen LogP contribution in [0.2, 0.25) is 0 Å². The highest BCUT2D eigenvalue weighted by atomic mass is 32.1. The Balaban J connectivity index is 2.06. The molecule has 0 aliphatic carbocycles. The van der Waals surface area contributed by atoms with Gasteiger partial charge >= 0.3 is 0 Å². The van der Waals surface area contributed by atoms with Crippen molar-refractivity contribution in [1.29, 1.82) is 5.26 Å². The molecule has 0 atom stereocenters. The number of carbonyl (C=O) groups is 1. The molecule has 5 heteroatoms. The van der Waals surface area contributed by atoms with Gasteiger partial charge in [-0.15, -0.1) is 11.3 Å². The van der Waals surface area contributed by atoms with E-state index in [9.17, 15) is 9.18 Å². The molecule has 0 aliphatic heterocycles. The van der Waals surface area contributed by atoms with Gasteiger partial charge in [-0.25, -0.2) is 4.39 Å². The third-order valence-electron chi connectivity index (χ3n) is 3.09. The molecule has 0 bridgehead atoms. The summed E-state index contributed by atoms with van der Waals surface area (Å²) in [7, 11) is 1.66. The minimum Gasteiger partial charge on any atom is -0.341 e. The average Bonchev–Trinajstić information content (AvgIpc) is 2.99. The molecule has 0 fully saturated rings. The van der Waals surface area contributed by atoms with Crippen molar-refractivity contribution in [3.8, 4) is 16.5 Å². The van der Waals surface area contributed by atoms with Crippen molar-refractivity contribution in [3.05, 3.63) is 53.2 Å². The summed E-state index contributed by atoms with van der Waals surface area (Å²) < 4.78 is 13.7. The zero-order valence-electron chi connectivity index (χ0n) is 12.1. The first kappa shape index (κ1) is 15.9. The van der Waals surface area contributed by atoms with Crippen LogP contribution in [0.1, 0.15) is 11.3 Å². The number of thiophene rings is 1. The molecule has 1 amide bonds. The molecule has 0 radical (unpaired) electrons. The van der Waals surface area contributed by atoms with Crippen LogP contribution in [0.4, 0.5) is 4.39 Å². The number of nitrogens with zero attached hydrogens (tertiary/aromatic N) is 2. The summed E-state index contributed by atoms with van der Waals surface area (Å²) in [5, 5.41) is 8.50. The quantitative estimate of drug-likeness (QED) is 0.785. The van der Waals surface area contributed by atoms with Gasteiger partial charge in [-0.1, -0.05) is 18.2 Å². The number of likely N-dealkylation sites (N-methyl/N-ethyl adjacent to an activating group) is 1. The topological polar surface area (TPSA) is 44.1 Å². The molecule has 0 unspecified atom stereocenters. The molecule has 3 nitrogen and oxygen atoms in total. The molecule has 112 valence electrons. The highest BCUT2D eigenvalue weighted by molar-refractivity contribution is 7.16. The third-order valence-corrected chi connectivity index (χ3v) is 4.18. The van der Waals surface area contributed by atoms with Crippen LogP contribution in [-0.2, 0) is 4.79 Å². The Bertz CT molecular complexity index is 730. The Kier molecular flexibility index (Phi) is 5.45. The van der Waals surface area contributed by atoms with E-state index in [1.165, 1.54) is 28.4 Å². The van der Waals surface area contributed by atoms with Gasteiger partial charge in [0.25, 0.3) is 0 Å². The van der Waals surface area contributed by atoms with Crippen molar-refractivity contribution in [2.24, 2.45) is 0 Å². The van der Waals surface area contributed by atoms with Crippen molar-refractivity contribution in [2.75, 3.05) is 13.6 Å². The lowest BCUT2D eigenvalue weighted by Crippen LogP contribution is -2.25. The largest absolute Gasteiger partial charge is 0.341 e. The van der Waals surface area contributed by atoms with Crippen LogP contribution in [0.25, 0.3) is 16.5 Å². The number of rotatable bonds is 5. The van der Waals surface area contributed by atoms with E-state index in [1.807, 2.05) is 18.2 Å². The van der Waals surface area contributed by atoms with Crippen LogP contribution in [0.5, 0.6) is 0 Å². The van der Waals surface area contributed by atoms with Gasteiger partial charge in [0.2, 0.25) is 5.91 Å². The third kappa shape index (κ3) is 4.03. The van der Waals surface area contributed by atoms with Crippen LogP contribution in [-0.4, -0.2) is 24.4 Å². The molecule has 1 aromatic heterocycles. The zero-order chi connectivity index (χ0) is 15.9. The summed E-state index contributed by atoms with van der Waals surface area (Å²) in [6.45, 7) is 0.407. The molecule has 2 aromatic rings. The van der Waals surface area contributed by atoms with Crippen molar-refractivity contribution >= 4 is 23.3 Å². The second kappa shape index (κ2) is 7.53. The normalized spacial score (nSPS) is 10.6. The van der Waals surface area contributed by atoms with Gasteiger partial charge in [-0.2, -0.15) is 5.26 Å². The fraction of sp³-hybridized carbons (Fsp3) is 0.176. The molecule has 1 heterocycles. The van der Waals surface area contributed by atoms with E-state index < -0.39 is 0 Å². The van der Waals surface area contributed by atoms with E-state index in [2.05, 4.69) is 0 Å². The lowest BCUT2D eigenvalue weighted by atomic mass is 10.2. The van der Waals surface area contributed by atoms with E-state index in [4.69, 9.17) is 5.26 Å². The van der Waals surface area contributed by atoms with E-state index >= 15 is 0 Å². The van der Waals surface area contributed by atoms with Gasteiger partial charge in [0.1, 0.15) is 5.82 Å². The Labute approximate surface area is 132 Å². The van der Waals surface area contributed by atoms with Gasteiger partial charge in [0, 0.05) is 35.0 Å². The number of halogens is 1. The average molecular weight is 314 g/mol. The first-order valence-electron chi connectivity index (χ1n) is 6.76. The van der Waals surface area contributed by atoms with Gasteiger partial charge in [0.15, 0.2) is 0 Å². The minimum atomic E-state index is -0.257. The zero-order valence-corrected chi connectivity index (χ0v) is 12.9. The number of carbonyl (C=O) groups excluding carboxylic acids is 1. The molecule has 0 N–H and O–H groups in total. The van der Waals surface area contributed by atoms with Crippen molar-refractivity contribution < 1.29 is 9.18 Å². The van der Waals surface area contributed by atoms with Crippen LogP contribution < -0.4 is 0 Å². The highest BCUT2D eigenvalue weighted by Crippen LogP contribution is 2.30. The maximum Gasteiger partial charge on any atom is 0.246 e. The number of amides is 1. The predicted molar refractivity (Wildman–Crippen MR) is 86.6 cm³/mol. The van der Waals surface area contributed by atoms with E-state index in [0.29, 0.717) is 18.5 Å². The van der Waals surface area contributed by atoms with Crippen molar-refractivity contribution in [1.82, 2.24) is 4.90 Å². The summed E-state index contributed by atoms with van der Waals surface area (Å²) in [6, 6.07) is 12.3. The second-order valence-corrected chi connectivity index (χ2v) is 5.80. The van der Waals surface area contributed by atoms with Crippen molar-refractivity contribution in [3.63, 3.8) is 0 Å². The molecule has 2 rings (SSSR count). The summed E-state index contributed by atoms with van der Waals surface area (Å²) in [5.41, 5.74) is 0.560. The molecule has 0 aliphatic rings. The minimum absolute atomic E-state index is 0.156. The van der Waals surface area contributed by atoms with E-state index in [1.54, 1.807) is 31.3 Å². The van der Waals surface area contributed by atoms with Crippen LogP contribution in [0.3, 0.4) is 0 Å². The SMILES string of the molecule is CN(CCC#N)C(=O)/C=C/c1ccc(-c2ccccc2F)s1.